The van der Waals surface area contributed by atoms with Gasteiger partial charge in [-0.1, -0.05) is 48.5 Å². The van der Waals surface area contributed by atoms with Gasteiger partial charge < -0.3 is 20.0 Å². The van der Waals surface area contributed by atoms with Gasteiger partial charge in [-0.2, -0.15) is 0 Å². The zero-order valence-electron chi connectivity index (χ0n) is 16.6. The van der Waals surface area contributed by atoms with Crippen molar-refractivity contribution in [2.45, 2.75) is 33.0 Å². The van der Waals surface area contributed by atoms with Crippen LogP contribution in [-0.4, -0.2) is 22.9 Å². The number of hydrogen-bond donors (Lipinski definition) is 2. The fourth-order valence-electron chi connectivity index (χ4n) is 2.83. The van der Waals surface area contributed by atoms with Crippen molar-refractivity contribution < 1.29 is 14.0 Å². The van der Waals surface area contributed by atoms with Gasteiger partial charge in [-0.05, 0) is 43.7 Å². The summed E-state index contributed by atoms with van der Waals surface area (Å²) in [5.41, 5.74) is 1.71. The number of hydrogen-bond acceptors (Lipinski definition) is 3. The van der Waals surface area contributed by atoms with Gasteiger partial charge in [0.2, 0.25) is 0 Å². The van der Waals surface area contributed by atoms with Crippen LogP contribution in [0.4, 0.5) is 10.5 Å². The van der Waals surface area contributed by atoms with Crippen LogP contribution in [-0.2, 0) is 13.1 Å². The summed E-state index contributed by atoms with van der Waals surface area (Å²) in [5, 5.41) is 5.70. The molecule has 1 heterocycles. The molecule has 0 spiro atoms. The Balaban J connectivity index is 1.75. The van der Waals surface area contributed by atoms with Crippen molar-refractivity contribution in [3.63, 3.8) is 0 Å². The predicted octanol–water partition coefficient (Wildman–Crippen LogP) is 4.65. The number of anilines is 1. The molecule has 0 unspecified atom stereocenters. The molecule has 0 aliphatic rings. The topological polar surface area (TPSA) is 74.6 Å². The average molecular weight is 391 g/mol. The second kappa shape index (κ2) is 9.59. The van der Waals surface area contributed by atoms with Crippen LogP contribution in [0.25, 0.3) is 0 Å². The zero-order valence-corrected chi connectivity index (χ0v) is 16.6. The zero-order chi connectivity index (χ0) is 20.6. The summed E-state index contributed by atoms with van der Waals surface area (Å²) >= 11 is 0. The SMILES string of the molecule is CC(C)NC(=O)c1ccc(CN(Cc2ccccc2)C(=O)Nc2ccccc2)o1. The lowest BCUT2D eigenvalue weighted by Gasteiger charge is -2.22. The maximum atomic E-state index is 12.9. The van der Waals surface area contributed by atoms with E-state index in [1.54, 1.807) is 17.0 Å². The number of para-hydroxylation sites is 1. The number of nitrogens with zero attached hydrogens (tertiary/aromatic N) is 1. The highest BCUT2D eigenvalue weighted by atomic mass is 16.4. The minimum absolute atomic E-state index is 0.0160. The van der Waals surface area contributed by atoms with Crippen molar-refractivity contribution in [3.05, 3.63) is 89.9 Å². The van der Waals surface area contributed by atoms with E-state index in [4.69, 9.17) is 4.42 Å². The molecule has 0 saturated heterocycles. The van der Waals surface area contributed by atoms with Crippen molar-refractivity contribution in [3.8, 4) is 0 Å². The third-order valence-electron chi connectivity index (χ3n) is 4.18. The molecule has 6 heteroatoms. The summed E-state index contributed by atoms with van der Waals surface area (Å²) in [6.07, 6.45) is 0. The molecule has 0 aliphatic heterocycles. The summed E-state index contributed by atoms with van der Waals surface area (Å²) in [6, 6.07) is 22.1. The fourth-order valence-corrected chi connectivity index (χ4v) is 2.83. The highest BCUT2D eigenvalue weighted by Gasteiger charge is 2.18. The Bertz CT molecular complexity index is 936. The van der Waals surface area contributed by atoms with Crippen LogP contribution >= 0.6 is 0 Å². The summed E-state index contributed by atoms with van der Waals surface area (Å²) in [4.78, 5) is 26.7. The van der Waals surface area contributed by atoms with Gasteiger partial charge in [-0.15, -0.1) is 0 Å². The summed E-state index contributed by atoms with van der Waals surface area (Å²) < 4.78 is 5.68. The molecule has 29 heavy (non-hydrogen) atoms. The number of nitrogens with one attached hydrogen (secondary N) is 2. The molecule has 0 saturated carbocycles. The van der Waals surface area contributed by atoms with Gasteiger partial charge in [0.25, 0.3) is 5.91 Å². The largest absolute Gasteiger partial charge is 0.454 e. The van der Waals surface area contributed by atoms with Gasteiger partial charge in [0.15, 0.2) is 5.76 Å². The molecule has 1 aromatic heterocycles. The standard InChI is InChI=1S/C23H25N3O3/c1-17(2)24-22(27)21-14-13-20(29-21)16-26(15-18-9-5-3-6-10-18)23(28)25-19-11-7-4-8-12-19/h3-14,17H,15-16H2,1-2H3,(H,24,27)(H,25,28). The van der Waals surface area contributed by atoms with E-state index in [0.29, 0.717) is 18.0 Å². The van der Waals surface area contributed by atoms with Gasteiger partial charge in [-0.3, -0.25) is 4.79 Å². The number of carbonyl (C=O) groups excluding carboxylic acids is 2. The smallest absolute Gasteiger partial charge is 0.322 e. The van der Waals surface area contributed by atoms with E-state index in [1.165, 1.54) is 0 Å². The van der Waals surface area contributed by atoms with Crippen LogP contribution in [0.1, 0.15) is 35.7 Å². The first-order chi connectivity index (χ1) is 14.0. The Kier molecular flexibility index (Phi) is 6.68. The number of furan rings is 1. The molecule has 3 rings (SSSR count). The third kappa shape index (κ3) is 5.97. The number of rotatable bonds is 7. The lowest BCUT2D eigenvalue weighted by atomic mass is 10.2. The molecule has 0 aliphatic carbocycles. The molecule has 3 aromatic rings. The van der Waals surface area contributed by atoms with Crippen molar-refractivity contribution >= 4 is 17.6 Å². The second-order valence-corrected chi connectivity index (χ2v) is 7.03. The van der Waals surface area contributed by atoms with Crippen LogP contribution in [0.2, 0.25) is 0 Å². The molecule has 0 bridgehead atoms. The fraction of sp³-hybridized carbons (Fsp3) is 0.217. The quantitative estimate of drug-likeness (QED) is 0.615. The molecular weight excluding hydrogens is 366 g/mol. The predicted molar refractivity (Wildman–Crippen MR) is 112 cm³/mol. The van der Waals surface area contributed by atoms with Gasteiger partial charge in [0, 0.05) is 18.3 Å². The average Bonchev–Trinajstić information content (AvgIpc) is 3.17. The number of amides is 3. The summed E-state index contributed by atoms with van der Waals surface area (Å²) in [7, 11) is 0. The molecule has 0 fully saturated rings. The lowest BCUT2D eigenvalue weighted by molar-refractivity contribution is 0.0912. The first-order valence-electron chi connectivity index (χ1n) is 9.56. The number of carbonyl (C=O) groups is 2. The van der Waals surface area contributed by atoms with Crippen LogP contribution in [0, 0.1) is 0 Å². The molecule has 0 radical (unpaired) electrons. The maximum absolute atomic E-state index is 12.9. The molecule has 0 atom stereocenters. The van der Waals surface area contributed by atoms with Crippen LogP contribution in [0.3, 0.4) is 0 Å². The van der Waals surface area contributed by atoms with Crippen LogP contribution in [0.15, 0.2) is 77.2 Å². The maximum Gasteiger partial charge on any atom is 0.322 e. The van der Waals surface area contributed by atoms with Crippen molar-refractivity contribution in [1.29, 1.82) is 0 Å². The highest BCUT2D eigenvalue weighted by Crippen LogP contribution is 2.16. The molecule has 3 amide bonds. The molecule has 150 valence electrons. The monoisotopic (exact) mass is 391 g/mol. The Morgan fingerprint density at radius 2 is 1.55 bits per heavy atom. The van der Waals surface area contributed by atoms with Crippen molar-refractivity contribution in [2.24, 2.45) is 0 Å². The molecule has 2 aromatic carbocycles. The second-order valence-electron chi connectivity index (χ2n) is 7.03. The van der Waals surface area contributed by atoms with Crippen LogP contribution in [0.5, 0.6) is 0 Å². The highest BCUT2D eigenvalue weighted by molar-refractivity contribution is 5.91. The Morgan fingerprint density at radius 3 is 2.21 bits per heavy atom. The van der Waals surface area contributed by atoms with Gasteiger partial charge in [-0.25, -0.2) is 4.79 Å². The molecule has 6 nitrogen and oxygen atoms in total. The van der Waals surface area contributed by atoms with E-state index >= 15 is 0 Å². The van der Waals surface area contributed by atoms with E-state index in [2.05, 4.69) is 10.6 Å². The normalized spacial score (nSPS) is 10.6. The van der Waals surface area contributed by atoms with Crippen LogP contribution < -0.4 is 10.6 Å². The Hall–Kier alpha value is -3.54. The lowest BCUT2D eigenvalue weighted by Crippen LogP contribution is -2.34. The Morgan fingerprint density at radius 1 is 0.897 bits per heavy atom. The van der Waals surface area contributed by atoms with Gasteiger partial charge in [0.1, 0.15) is 5.76 Å². The van der Waals surface area contributed by atoms with Gasteiger partial charge >= 0.3 is 6.03 Å². The minimum atomic E-state index is -0.269. The van der Waals surface area contributed by atoms with E-state index in [1.807, 2.05) is 74.5 Å². The first-order valence-corrected chi connectivity index (χ1v) is 9.56. The molecular formula is C23H25N3O3. The van der Waals surface area contributed by atoms with E-state index in [0.717, 1.165) is 5.56 Å². The number of benzene rings is 2. The number of urea groups is 1. The van der Waals surface area contributed by atoms with Gasteiger partial charge in [0.05, 0.1) is 6.54 Å². The van der Waals surface area contributed by atoms with Crippen molar-refractivity contribution in [2.75, 3.05) is 5.32 Å². The van der Waals surface area contributed by atoms with E-state index < -0.39 is 0 Å². The van der Waals surface area contributed by atoms with E-state index in [-0.39, 0.29) is 30.3 Å². The Labute approximate surface area is 170 Å². The minimum Gasteiger partial charge on any atom is -0.454 e. The van der Waals surface area contributed by atoms with Crippen molar-refractivity contribution in [1.82, 2.24) is 10.2 Å². The van der Waals surface area contributed by atoms with E-state index in [9.17, 15) is 9.59 Å². The summed E-state index contributed by atoms with van der Waals surface area (Å²) in [5.74, 6) is 0.504. The first kappa shape index (κ1) is 20.2. The third-order valence-corrected chi connectivity index (χ3v) is 4.18. The molecule has 2 N–H and O–H groups in total. The summed E-state index contributed by atoms with van der Waals surface area (Å²) in [6.45, 7) is 4.42.